The van der Waals surface area contributed by atoms with Crippen LogP contribution in [-0.2, 0) is 9.53 Å². The van der Waals surface area contributed by atoms with E-state index in [1.165, 1.54) is 38.5 Å². The number of rotatable bonds is 12. The van der Waals surface area contributed by atoms with E-state index in [9.17, 15) is 4.79 Å². The Kier molecular flexibility index (Phi) is 8.01. The van der Waals surface area contributed by atoms with Crippen LogP contribution in [0.4, 0.5) is 0 Å². The Labute approximate surface area is 111 Å². The molecular formula is C14H28N2O2. The smallest absolute Gasteiger partial charge is 0.234 e. The van der Waals surface area contributed by atoms with Gasteiger partial charge in [0.2, 0.25) is 5.91 Å². The number of primary amides is 1. The van der Waals surface area contributed by atoms with Crippen molar-refractivity contribution in [3.63, 3.8) is 0 Å². The molecule has 1 aliphatic carbocycles. The molecule has 1 unspecified atom stereocenters. The second-order valence-electron chi connectivity index (χ2n) is 5.21. The van der Waals surface area contributed by atoms with E-state index in [2.05, 4.69) is 12.2 Å². The summed E-state index contributed by atoms with van der Waals surface area (Å²) in [6.45, 7) is 3.65. The lowest BCUT2D eigenvalue weighted by Crippen LogP contribution is -2.43. The summed E-state index contributed by atoms with van der Waals surface area (Å²) < 4.78 is 5.55. The predicted molar refractivity (Wildman–Crippen MR) is 73.3 cm³/mol. The first-order chi connectivity index (χ1) is 8.74. The monoisotopic (exact) mass is 256 g/mol. The number of carbonyl (C=O) groups excluding carboxylic acids is 1. The first-order valence-corrected chi connectivity index (χ1v) is 7.37. The molecule has 106 valence electrons. The minimum atomic E-state index is -0.256. The van der Waals surface area contributed by atoms with Crippen LogP contribution < -0.4 is 11.1 Å². The molecule has 0 radical (unpaired) electrons. The van der Waals surface area contributed by atoms with Gasteiger partial charge in [-0.2, -0.15) is 0 Å². The minimum Gasteiger partial charge on any atom is -0.381 e. The van der Waals surface area contributed by atoms with E-state index in [-0.39, 0.29) is 11.9 Å². The fraction of sp³-hybridized carbons (Fsp3) is 0.929. The highest BCUT2D eigenvalue weighted by molar-refractivity contribution is 5.79. The van der Waals surface area contributed by atoms with Crippen molar-refractivity contribution >= 4 is 5.91 Å². The van der Waals surface area contributed by atoms with Crippen molar-refractivity contribution < 1.29 is 9.53 Å². The van der Waals surface area contributed by atoms with Crippen LogP contribution in [0.25, 0.3) is 0 Å². The van der Waals surface area contributed by atoms with Gasteiger partial charge in [0.25, 0.3) is 0 Å². The number of nitrogens with one attached hydrogen (secondary N) is 1. The summed E-state index contributed by atoms with van der Waals surface area (Å²) in [5.74, 6) is -0.256. The molecule has 0 bridgehead atoms. The summed E-state index contributed by atoms with van der Waals surface area (Å²) >= 11 is 0. The molecule has 0 aromatic heterocycles. The fourth-order valence-electron chi connectivity index (χ4n) is 1.95. The van der Waals surface area contributed by atoms with Gasteiger partial charge in [0.05, 0.1) is 6.04 Å². The van der Waals surface area contributed by atoms with Gasteiger partial charge in [0.15, 0.2) is 0 Å². The van der Waals surface area contributed by atoms with Crippen LogP contribution in [0.5, 0.6) is 0 Å². The Bertz CT molecular complexity index is 230. The molecule has 0 heterocycles. The van der Waals surface area contributed by atoms with Crippen molar-refractivity contribution in [1.82, 2.24) is 5.32 Å². The molecule has 1 fully saturated rings. The fourth-order valence-corrected chi connectivity index (χ4v) is 1.95. The molecule has 1 amide bonds. The van der Waals surface area contributed by atoms with Gasteiger partial charge in [-0.25, -0.2) is 0 Å². The van der Waals surface area contributed by atoms with Crippen molar-refractivity contribution in [2.75, 3.05) is 13.2 Å². The van der Waals surface area contributed by atoms with Gasteiger partial charge in [-0.3, -0.25) is 4.79 Å². The summed E-state index contributed by atoms with van der Waals surface area (Å²) in [4.78, 5) is 11.2. The van der Waals surface area contributed by atoms with Gasteiger partial charge in [-0.05, 0) is 25.7 Å². The van der Waals surface area contributed by atoms with Gasteiger partial charge in [0, 0.05) is 19.3 Å². The van der Waals surface area contributed by atoms with E-state index in [1.807, 2.05) is 0 Å². The van der Waals surface area contributed by atoms with Crippen LogP contribution in [-0.4, -0.2) is 31.2 Å². The van der Waals surface area contributed by atoms with Gasteiger partial charge < -0.3 is 15.8 Å². The van der Waals surface area contributed by atoms with Crippen LogP contribution in [0.15, 0.2) is 0 Å². The van der Waals surface area contributed by atoms with Gasteiger partial charge in [0.1, 0.15) is 0 Å². The zero-order valence-electron chi connectivity index (χ0n) is 11.6. The van der Waals surface area contributed by atoms with E-state index < -0.39 is 0 Å². The third-order valence-corrected chi connectivity index (χ3v) is 3.30. The molecule has 1 aliphatic rings. The van der Waals surface area contributed by atoms with E-state index in [0.29, 0.717) is 19.1 Å². The third-order valence-electron chi connectivity index (χ3n) is 3.30. The highest BCUT2D eigenvalue weighted by Gasteiger charge is 2.26. The second-order valence-corrected chi connectivity index (χ2v) is 5.21. The quantitative estimate of drug-likeness (QED) is 0.525. The zero-order valence-corrected chi connectivity index (χ0v) is 11.6. The molecule has 0 saturated heterocycles. The number of unbranched alkanes of at least 4 members (excludes halogenated alkanes) is 4. The van der Waals surface area contributed by atoms with Crippen LogP contribution in [0, 0.1) is 0 Å². The number of nitrogens with two attached hydrogens (primary N) is 1. The number of hydrogen-bond donors (Lipinski definition) is 2. The molecule has 18 heavy (non-hydrogen) atoms. The number of amides is 1. The average molecular weight is 256 g/mol. The largest absolute Gasteiger partial charge is 0.381 e. The summed E-state index contributed by atoms with van der Waals surface area (Å²) in [6.07, 6.45) is 9.28. The Morgan fingerprint density at radius 2 is 2.00 bits per heavy atom. The Morgan fingerprint density at radius 1 is 1.28 bits per heavy atom. The SMILES string of the molecule is CCCCCCCOCCC(NC1CC1)C(N)=O. The molecule has 4 nitrogen and oxygen atoms in total. The van der Waals surface area contributed by atoms with E-state index in [1.54, 1.807) is 0 Å². The van der Waals surface area contributed by atoms with Crippen molar-refractivity contribution in [3.8, 4) is 0 Å². The molecule has 0 aliphatic heterocycles. The normalized spacial score (nSPS) is 16.7. The summed E-state index contributed by atoms with van der Waals surface area (Å²) in [6, 6.07) is 0.300. The highest BCUT2D eigenvalue weighted by atomic mass is 16.5. The van der Waals surface area contributed by atoms with Crippen molar-refractivity contribution in [2.45, 2.75) is 70.4 Å². The molecule has 1 rings (SSSR count). The van der Waals surface area contributed by atoms with Gasteiger partial charge in [-0.15, -0.1) is 0 Å². The third kappa shape index (κ3) is 7.67. The molecule has 4 heteroatoms. The lowest BCUT2D eigenvalue weighted by Gasteiger charge is -2.14. The molecule has 0 aromatic rings. The first-order valence-electron chi connectivity index (χ1n) is 7.37. The number of carbonyl (C=O) groups is 1. The highest BCUT2D eigenvalue weighted by Crippen LogP contribution is 2.19. The van der Waals surface area contributed by atoms with Gasteiger partial charge >= 0.3 is 0 Å². The van der Waals surface area contributed by atoms with E-state index in [0.717, 1.165) is 13.0 Å². The maximum absolute atomic E-state index is 11.2. The summed E-state index contributed by atoms with van der Waals surface area (Å²) in [7, 11) is 0. The van der Waals surface area contributed by atoms with E-state index in [4.69, 9.17) is 10.5 Å². The lowest BCUT2D eigenvalue weighted by molar-refractivity contribution is -0.120. The van der Waals surface area contributed by atoms with E-state index >= 15 is 0 Å². The average Bonchev–Trinajstić information content (AvgIpc) is 3.14. The maximum atomic E-state index is 11.2. The summed E-state index contributed by atoms with van der Waals surface area (Å²) in [5.41, 5.74) is 5.35. The Morgan fingerprint density at radius 3 is 2.61 bits per heavy atom. The maximum Gasteiger partial charge on any atom is 0.234 e. The van der Waals surface area contributed by atoms with Crippen molar-refractivity contribution in [1.29, 1.82) is 0 Å². The van der Waals surface area contributed by atoms with Crippen molar-refractivity contribution in [2.24, 2.45) is 5.73 Å². The number of hydrogen-bond acceptors (Lipinski definition) is 3. The van der Waals surface area contributed by atoms with Crippen LogP contribution in [0.2, 0.25) is 0 Å². The molecule has 0 aromatic carbocycles. The lowest BCUT2D eigenvalue weighted by atomic mass is 10.2. The molecule has 3 N–H and O–H groups in total. The van der Waals surface area contributed by atoms with Crippen molar-refractivity contribution in [3.05, 3.63) is 0 Å². The number of ether oxygens (including phenoxy) is 1. The Balaban J connectivity index is 1.92. The zero-order chi connectivity index (χ0) is 13.2. The standard InChI is InChI=1S/C14H28N2O2/c1-2-3-4-5-6-10-18-11-9-13(14(15)17)16-12-7-8-12/h12-13,16H,2-11H2,1H3,(H2,15,17). The second kappa shape index (κ2) is 9.34. The topological polar surface area (TPSA) is 64.3 Å². The van der Waals surface area contributed by atoms with Crippen LogP contribution in [0.1, 0.15) is 58.3 Å². The molecule has 1 atom stereocenters. The van der Waals surface area contributed by atoms with Crippen LogP contribution >= 0.6 is 0 Å². The molecular weight excluding hydrogens is 228 g/mol. The Hall–Kier alpha value is -0.610. The van der Waals surface area contributed by atoms with Gasteiger partial charge in [-0.1, -0.05) is 32.6 Å². The molecule has 0 spiro atoms. The molecule has 1 saturated carbocycles. The summed E-state index contributed by atoms with van der Waals surface area (Å²) in [5, 5.41) is 3.25. The predicted octanol–water partition coefficient (Wildman–Crippen LogP) is 1.97. The minimum absolute atomic E-state index is 0.211. The first kappa shape index (κ1) is 15.4. The van der Waals surface area contributed by atoms with Crippen LogP contribution in [0.3, 0.4) is 0 Å².